The Balaban J connectivity index is 0. The second-order valence-electron chi connectivity index (χ2n) is 8.70. The molecule has 1 aliphatic carbocycles. The molecule has 2 nitrogen and oxygen atoms in total. The largest absolute Gasteiger partial charge is 0.295 e. The molecule has 134 valence electrons. The zero-order valence-corrected chi connectivity index (χ0v) is 15.8. The third kappa shape index (κ3) is 13.0. The van der Waals surface area contributed by atoms with Crippen LogP contribution in [-0.2, 0) is 9.59 Å². The highest BCUT2D eigenvalue weighted by molar-refractivity contribution is 5.94. The SMILES string of the molecule is C.CC(C)(C)CC(=O)C=C1CCC1.CC(C)=CC(=O)C(C)(C)C. The summed E-state index contributed by atoms with van der Waals surface area (Å²) in [5.41, 5.74) is 2.33. The van der Waals surface area contributed by atoms with Crippen LogP contribution in [0.4, 0.5) is 0 Å². The smallest absolute Gasteiger partial charge is 0.160 e. The Labute approximate surface area is 144 Å². The predicted molar refractivity (Wildman–Crippen MR) is 102 cm³/mol. The van der Waals surface area contributed by atoms with Gasteiger partial charge in [-0.2, -0.15) is 0 Å². The van der Waals surface area contributed by atoms with Crippen molar-refractivity contribution < 1.29 is 9.59 Å². The molecule has 0 atom stereocenters. The number of hydrogen-bond acceptors (Lipinski definition) is 2. The van der Waals surface area contributed by atoms with E-state index in [1.807, 2.05) is 40.7 Å². The summed E-state index contributed by atoms with van der Waals surface area (Å²) in [7, 11) is 0. The Bertz CT molecular complexity index is 441. The van der Waals surface area contributed by atoms with Gasteiger partial charge in [-0.1, -0.05) is 60.1 Å². The minimum atomic E-state index is -0.225. The summed E-state index contributed by atoms with van der Waals surface area (Å²) in [6.07, 6.45) is 7.80. The zero-order valence-electron chi connectivity index (χ0n) is 15.8. The normalized spacial score (nSPS) is 13.7. The van der Waals surface area contributed by atoms with E-state index < -0.39 is 0 Å². The summed E-state index contributed by atoms with van der Waals surface area (Å²) >= 11 is 0. The molecule has 0 aromatic heterocycles. The topological polar surface area (TPSA) is 34.1 Å². The van der Waals surface area contributed by atoms with E-state index in [-0.39, 0.29) is 24.0 Å². The molecule has 0 aliphatic heterocycles. The first-order chi connectivity index (χ1) is 9.81. The van der Waals surface area contributed by atoms with Crippen LogP contribution < -0.4 is 0 Å². The van der Waals surface area contributed by atoms with Crippen LogP contribution in [0, 0.1) is 10.8 Å². The molecule has 0 bridgehead atoms. The summed E-state index contributed by atoms with van der Waals surface area (Å²) in [5.74, 6) is 0.504. The van der Waals surface area contributed by atoms with Crippen molar-refractivity contribution >= 4 is 11.6 Å². The Morgan fingerprint density at radius 3 is 1.70 bits per heavy atom. The Hall–Kier alpha value is -1.18. The van der Waals surface area contributed by atoms with Gasteiger partial charge in [0.25, 0.3) is 0 Å². The molecule has 0 unspecified atom stereocenters. The summed E-state index contributed by atoms with van der Waals surface area (Å²) in [5, 5.41) is 0. The Morgan fingerprint density at radius 1 is 1.00 bits per heavy atom. The average Bonchev–Trinajstić information content (AvgIpc) is 2.19. The minimum Gasteiger partial charge on any atom is -0.295 e. The third-order valence-corrected chi connectivity index (χ3v) is 3.22. The van der Waals surface area contributed by atoms with Gasteiger partial charge in [-0.25, -0.2) is 0 Å². The van der Waals surface area contributed by atoms with Crippen molar-refractivity contribution in [2.75, 3.05) is 0 Å². The molecule has 1 rings (SSSR count). The van der Waals surface area contributed by atoms with Crippen molar-refractivity contribution in [2.24, 2.45) is 10.8 Å². The van der Waals surface area contributed by atoms with Crippen LogP contribution in [0.5, 0.6) is 0 Å². The molecule has 0 spiro atoms. The van der Waals surface area contributed by atoms with Crippen LogP contribution in [0.3, 0.4) is 0 Å². The van der Waals surface area contributed by atoms with Gasteiger partial charge in [-0.05, 0) is 50.7 Å². The van der Waals surface area contributed by atoms with Crippen molar-refractivity contribution in [3.05, 3.63) is 23.3 Å². The highest BCUT2D eigenvalue weighted by Gasteiger charge is 2.18. The van der Waals surface area contributed by atoms with Crippen LogP contribution in [0.1, 0.15) is 88.5 Å². The molecule has 1 aliphatic rings. The first kappa shape index (κ1) is 24.1. The second-order valence-corrected chi connectivity index (χ2v) is 8.70. The van der Waals surface area contributed by atoms with Gasteiger partial charge < -0.3 is 0 Å². The number of hydrogen-bond donors (Lipinski definition) is 0. The molecule has 0 aromatic rings. The van der Waals surface area contributed by atoms with Crippen molar-refractivity contribution in [2.45, 2.75) is 88.5 Å². The molecule has 1 saturated carbocycles. The lowest BCUT2D eigenvalue weighted by molar-refractivity contribution is -0.121. The highest BCUT2D eigenvalue weighted by Crippen LogP contribution is 2.26. The summed E-state index contributed by atoms with van der Waals surface area (Å²) in [6, 6.07) is 0. The van der Waals surface area contributed by atoms with Crippen molar-refractivity contribution in [1.29, 1.82) is 0 Å². The van der Waals surface area contributed by atoms with E-state index in [0.29, 0.717) is 12.2 Å². The predicted octanol–water partition coefficient (Wildman–Crippen LogP) is 6.31. The lowest BCUT2D eigenvalue weighted by atomic mass is 9.86. The van der Waals surface area contributed by atoms with E-state index >= 15 is 0 Å². The maximum absolute atomic E-state index is 11.4. The maximum Gasteiger partial charge on any atom is 0.160 e. The molecular formula is C21H38O2. The molecule has 0 saturated heterocycles. The van der Waals surface area contributed by atoms with Gasteiger partial charge >= 0.3 is 0 Å². The standard InChI is InChI=1S/C11H18O.C9H16O.CH4/c1-11(2,3)8-10(12)7-9-5-4-6-9;1-7(2)6-8(10)9(3,4)5;/h7H,4-6,8H2,1-3H3;6H,1-5H3;1H4. The second kappa shape index (κ2) is 9.85. The van der Waals surface area contributed by atoms with E-state index in [2.05, 4.69) is 20.8 Å². The van der Waals surface area contributed by atoms with E-state index in [1.54, 1.807) is 6.08 Å². The lowest BCUT2D eigenvalue weighted by Gasteiger charge is -2.18. The number of carbonyl (C=O) groups excluding carboxylic acids is 2. The monoisotopic (exact) mass is 322 g/mol. The molecule has 0 aromatic carbocycles. The Kier molecular flexibility index (Phi) is 10.3. The van der Waals surface area contributed by atoms with E-state index in [0.717, 1.165) is 18.4 Å². The van der Waals surface area contributed by atoms with E-state index in [4.69, 9.17) is 0 Å². The molecule has 0 heterocycles. The minimum absolute atomic E-state index is 0. The average molecular weight is 323 g/mol. The number of carbonyl (C=O) groups is 2. The van der Waals surface area contributed by atoms with Crippen LogP contribution in [0.2, 0.25) is 0 Å². The van der Waals surface area contributed by atoms with Crippen LogP contribution in [0.15, 0.2) is 23.3 Å². The molecular weight excluding hydrogens is 284 g/mol. The molecule has 1 fully saturated rings. The number of ketones is 2. The fraction of sp³-hybridized carbons (Fsp3) is 0.714. The van der Waals surface area contributed by atoms with Gasteiger partial charge in [0.15, 0.2) is 11.6 Å². The molecule has 0 radical (unpaired) electrons. The summed E-state index contributed by atoms with van der Waals surface area (Å²) in [6.45, 7) is 15.9. The molecule has 23 heavy (non-hydrogen) atoms. The molecule has 2 heteroatoms. The Morgan fingerprint density at radius 2 is 1.48 bits per heavy atom. The number of allylic oxidation sites excluding steroid dienone is 4. The van der Waals surface area contributed by atoms with Crippen LogP contribution in [-0.4, -0.2) is 11.6 Å². The fourth-order valence-electron chi connectivity index (χ4n) is 1.81. The van der Waals surface area contributed by atoms with Crippen molar-refractivity contribution in [3.8, 4) is 0 Å². The van der Waals surface area contributed by atoms with Gasteiger partial charge in [0.1, 0.15) is 0 Å². The first-order valence-electron chi connectivity index (χ1n) is 8.23. The van der Waals surface area contributed by atoms with Crippen molar-refractivity contribution in [1.82, 2.24) is 0 Å². The first-order valence-corrected chi connectivity index (χ1v) is 8.23. The molecule has 0 amide bonds. The van der Waals surface area contributed by atoms with E-state index in [9.17, 15) is 9.59 Å². The molecule has 0 N–H and O–H groups in total. The zero-order chi connectivity index (χ0) is 17.6. The maximum atomic E-state index is 11.4. The third-order valence-electron chi connectivity index (χ3n) is 3.22. The quantitative estimate of drug-likeness (QED) is 0.571. The summed E-state index contributed by atoms with van der Waals surface area (Å²) in [4.78, 5) is 22.6. The fourth-order valence-corrected chi connectivity index (χ4v) is 1.81. The van der Waals surface area contributed by atoms with Crippen LogP contribution in [0.25, 0.3) is 0 Å². The van der Waals surface area contributed by atoms with E-state index in [1.165, 1.54) is 12.0 Å². The van der Waals surface area contributed by atoms with Gasteiger partial charge in [0.05, 0.1) is 0 Å². The lowest BCUT2D eigenvalue weighted by Crippen LogP contribution is -2.17. The highest BCUT2D eigenvalue weighted by atomic mass is 16.1. The van der Waals surface area contributed by atoms with Gasteiger partial charge in [0, 0.05) is 11.8 Å². The van der Waals surface area contributed by atoms with Crippen molar-refractivity contribution in [3.63, 3.8) is 0 Å². The van der Waals surface area contributed by atoms with Gasteiger partial charge in [-0.15, -0.1) is 0 Å². The summed E-state index contributed by atoms with van der Waals surface area (Å²) < 4.78 is 0. The van der Waals surface area contributed by atoms with Crippen LogP contribution >= 0.6 is 0 Å². The number of rotatable bonds is 3. The van der Waals surface area contributed by atoms with Gasteiger partial charge in [0.2, 0.25) is 0 Å². The van der Waals surface area contributed by atoms with Gasteiger partial charge in [-0.3, -0.25) is 9.59 Å².